The van der Waals surface area contributed by atoms with E-state index in [2.05, 4.69) is 5.32 Å². The Kier molecular flexibility index (Phi) is 5.41. The number of non-ortho nitro benzene ring substituents is 1. The van der Waals surface area contributed by atoms with Crippen LogP contribution in [0.3, 0.4) is 0 Å². The number of amides is 1. The summed E-state index contributed by atoms with van der Waals surface area (Å²) in [5, 5.41) is 13.2. The second-order valence-electron chi connectivity index (χ2n) is 5.01. The number of carbonyl (C=O) groups excluding carboxylic acids is 1. The van der Waals surface area contributed by atoms with E-state index in [1.54, 1.807) is 6.92 Å². The van der Waals surface area contributed by atoms with Gasteiger partial charge in [-0.2, -0.15) is 0 Å². The molecule has 1 amide bonds. The lowest BCUT2D eigenvalue weighted by molar-refractivity contribution is -0.384. The van der Waals surface area contributed by atoms with Gasteiger partial charge in [-0.05, 0) is 30.7 Å². The summed E-state index contributed by atoms with van der Waals surface area (Å²) in [6.07, 6.45) is 0. The highest BCUT2D eigenvalue weighted by Crippen LogP contribution is 2.19. The number of rotatable bonds is 6. The number of hydrogen-bond acceptors (Lipinski definition) is 4. The molecule has 1 N–H and O–H groups in total. The van der Waals surface area contributed by atoms with E-state index in [4.69, 9.17) is 4.74 Å². The van der Waals surface area contributed by atoms with Gasteiger partial charge in [-0.15, -0.1) is 0 Å². The molecule has 2 aromatic carbocycles. The lowest BCUT2D eigenvalue weighted by Gasteiger charge is -2.15. The molecule has 1 unspecified atom stereocenters. The molecule has 0 heterocycles. The van der Waals surface area contributed by atoms with E-state index in [9.17, 15) is 23.7 Å². The smallest absolute Gasteiger partial charge is 0.273 e. The molecule has 0 fully saturated rings. The van der Waals surface area contributed by atoms with Crippen molar-refractivity contribution in [3.05, 3.63) is 69.8 Å². The lowest BCUT2D eigenvalue weighted by atomic mass is 10.1. The zero-order chi connectivity index (χ0) is 17.7. The average molecular weight is 336 g/mol. The summed E-state index contributed by atoms with van der Waals surface area (Å²) in [5.74, 6) is -2.29. The predicted molar refractivity (Wildman–Crippen MR) is 81.5 cm³/mol. The molecule has 2 aromatic rings. The Labute approximate surface area is 136 Å². The van der Waals surface area contributed by atoms with Crippen molar-refractivity contribution < 1.29 is 23.2 Å². The van der Waals surface area contributed by atoms with Crippen LogP contribution >= 0.6 is 0 Å². The summed E-state index contributed by atoms with van der Waals surface area (Å²) in [4.78, 5) is 21.9. The van der Waals surface area contributed by atoms with E-state index in [1.165, 1.54) is 30.3 Å². The van der Waals surface area contributed by atoms with Gasteiger partial charge in [0.05, 0.1) is 17.0 Å². The average Bonchev–Trinajstić information content (AvgIpc) is 2.55. The predicted octanol–water partition coefficient (Wildman–Crippen LogP) is 3.13. The molecule has 0 spiro atoms. The van der Waals surface area contributed by atoms with Crippen LogP contribution < -0.4 is 10.1 Å². The molecule has 0 aliphatic rings. The number of nitrogens with one attached hydrogen (secondary N) is 1. The van der Waals surface area contributed by atoms with Crippen molar-refractivity contribution in [3.63, 3.8) is 0 Å². The Morgan fingerprint density at radius 1 is 1.25 bits per heavy atom. The third-order valence-corrected chi connectivity index (χ3v) is 3.22. The molecule has 0 aromatic heterocycles. The van der Waals surface area contributed by atoms with Crippen molar-refractivity contribution in [2.45, 2.75) is 13.0 Å². The number of halogens is 2. The van der Waals surface area contributed by atoms with Gasteiger partial charge in [0, 0.05) is 6.07 Å². The van der Waals surface area contributed by atoms with E-state index in [-0.39, 0.29) is 18.0 Å². The lowest BCUT2D eigenvalue weighted by Crippen LogP contribution is -2.31. The third kappa shape index (κ3) is 4.48. The second kappa shape index (κ2) is 7.49. The highest BCUT2D eigenvalue weighted by molar-refractivity contribution is 5.78. The van der Waals surface area contributed by atoms with E-state index in [0.717, 1.165) is 12.1 Å². The summed E-state index contributed by atoms with van der Waals surface area (Å²) in [6, 6.07) is 8.22. The van der Waals surface area contributed by atoms with Crippen molar-refractivity contribution in [1.29, 1.82) is 0 Å². The van der Waals surface area contributed by atoms with Crippen molar-refractivity contribution in [2.75, 3.05) is 6.61 Å². The normalized spacial score (nSPS) is 11.6. The fourth-order valence-corrected chi connectivity index (χ4v) is 1.98. The summed E-state index contributed by atoms with van der Waals surface area (Å²) < 4.78 is 31.3. The van der Waals surface area contributed by atoms with Crippen LogP contribution in [0.25, 0.3) is 0 Å². The number of nitro groups is 1. The molecule has 0 bridgehead atoms. The zero-order valence-corrected chi connectivity index (χ0v) is 12.7. The van der Waals surface area contributed by atoms with Gasteiger partial charge in [-0.3, -0.25) is 14.9 Å². The molecular formula is C16H14F2N2O4. The van der Waals surface area contributed by atoms with Gasteiger partial charge >= 0.3 is 0 Å². The van der Waals surface area contributed by atoms with E-state index in [0.29, 0.717) is 5.56 Å². The van der Waals surface area contributed by atoms with Gasteiger partial charge in [-0.25, -0.2) is 8.78 Å². The van der Waals surface area contributed by atoms with Gasteiger partial charge in [0.15, 0.2) is 18.2 Å². The Hall–Kier alpha value is -3.03. The molecule has 126 valence electrons. The van der Waals surface area contributed by atoms with Gasteiger partial charge in [0.2, 0.25) is 0 Å². The minimum atomic E-state index is -0.999. The largest absolute Gasteiger partial charge is 0.484 e. The molecule has 8 heteroatoms. The van der Waals surface area contributed by atoms with Crippen LogP contribution in [0.2, 0.25) is 0 Å². The standard InChI is InChI=1S/C16H14F2N2O4/c1-10(11-5-6-14(17)15(18)7-11)19-16(21)9-24-13-4-2-3-12(8-13)20(22)23/h2-8,10H,9H2,1H3,(H,19,21). The summed E-state index contributed by atoms with van der Waals surface area (Å²) in [6.45, 7) is 1.24. The van der Waals surface area contributed by atoms with Crippen molar-refractivity contribution >= 4 is 11.6 Å². The van der Waals surface area contributed by atoms with Crippen LogP contribution in [-0.2, 0) is 4.79 Å². The van der Waals surface area contributed by atoms with Crippen LogP contribution in [0.15, 0.2) is 42.5 Å². The maximum Gasteiger partial charge on any atom is 0.273 e. The number of benzene rings is 2. The Morgan fingerprint density at radius 3 is 2.67 bits per heavy atom. The van der Waals surface area contributed by atoms with Crippen molar-refractivity contribution in [2.24, 2.45) is 0 Å². The van der Waals surface area contributed by atoms with E-state index in [1.807, 2.05) is 0 Å². The van der Waals surface area contributed by atoms with Gasteiger partial charge in [-0.1, -0.05) is 12.1 Å². The summed E-state index contributed by atoms with van der Waals surface area (Å²) in [7, 11) is 0. The third-order valence-electron chi connectivity index (χ3n) is 3.22. The number of hydrogen-bond donors (Lipinski definition) is 1. The number of carbonyl (C=O) groups is 1. The van der Waals surface area contributed by atoms with Crippen LogP contribution in [0, 0.1) is 21.7 Å². The topological polar surface area (TPSA) is 81.5 Å². The quantitative estimate of drug-likeness (QED) is 0.649. The Balaban J connectivity index is 1.92. The highest BCUT2D eigenvalue weighted by Gasteiger charge is 2.13. The Morgan fingerprint density at radius 2 is 2.00 bits per heavy atom. The van der Waals surface area contributed by atoms with Crippen LogP contribution in [0.4, 0.5) is 14.5 Å². The first-order chi connectivity index (χ1) is 11.4. The first kappa shape index (κ1) is 17.3. The maximum absolute atomic E-state index is 13.2. The molecule has 0 saturated heterocycles. The van der Waals surface area contributed by atoms with Crippen LogP contribution in [0.5, 0.6) is 5.75 Å². The number of ether oxygens (including phenoxy) is 1. The van der Waals surface area contributed by atoms with Gasteiger partial charge < -0.3 is 10.1 Å². The van der Waals surface area contributed by atoms with Gasteiger partial charge in [0.1, 0.15) is 5.75 Å². The van der Waals surface area contributed by atoms with E-state index >= 15 is 0 Å². The van der Waals surface area contributed by atoms with Crippen molar-refractivity contribution in [3.8, 4) is 5.75 Å². The monoisotopic (exact) mass is 336 g/mol. The molecule has 2 rings (SSSR count). The van der Waals surface area contributed by atoms with Crippen LogP contribution in [0.1, 0.15) is 18.5 Å². The SMILES string of the molecule is CC(NC(=O)COc1cccc([N+](=O)[O-])c1)c1ccc(F)c(F)c1. The minimum absolute atomic E-state index is 0.150. The Bertz CT molecular complexity index is 767. The fourth-order valence-electron chi connectivity index (χ4n) is 1.98. The molecule has 0 saturated carbocycles. The molecular weight excluding hydrogens is 322 g/mol. The van der Waals surface area contributed by atoms with E-state index < -0.39 is 28.5 Å². The second-order valence-corrected chi connectivity index (χ2v) is 5.01. The van der Waals surface area contributed by atoms with Crippen LogP contribution in [-0.4, -0.2) is 17.4 Å². The highest BCUT2D eigenvalue weighted by atomic mass is 19.2. The number of nitro benzene ring substituents is 1. The molecule has 1 atom stereocenters. The molecule has 0 aliphatic heterocycles. The van der Waals surface area contributed by atoms with Crippen molar-refractivity contribution in [1.82, 2.24) is 5.32 Å². The summed E-state index contributed by atoms with van der Waals surface area (Å²) in [5.41, 5.74) is 0.251. The molecule has 0 aliphatic carbocycles. The molecule has 24 heavy (non-hydrogen) atoms. The number of nitrogens with zero attached hydrogens (tertiary/aromatic N) is 1. The first-order valence-corrected chi connectivity index (χ1v) is 6.98. The maximum atomic E-state index is 13.2. The molecule has 6 nitrogen and oxygen atoms in total. The molecule has 0 radical (unpaired) electrons. The first-order valence-electron chi connectivity index (χ1n) is 6.98. The fraction of sp³-hybridized carbons (Fsp3) is 0.188. The minimum Gasteiger partial charge on any atom is -0.484 e. The zero-order valence-electron chi connectivity index (χ0n) is 12.7. The summed E-state index contributed by atoms with van der Waals surface area (Å²) >= 11 is 0. The van der Waals surface area contributed by atoms with Gasteiger partial charge in [0.25, 0.3) is 11.6 Å².